The molecule has 4 atom stereocenters. The van der Waals surface area contributed by atoms with E-state index in [-0.39, 0.29) is 24.5 Å². The molecule has 1 amide bonds. The zero-order valence-corrected chi connectivity index (χ0v) is 19.7. The maximum Gasteiger partial charge on any atom is 0.411 e. The van der Waals surface area contributed by atoms with Gasteiger partial charge in [-0.3, -0.25) is 10.3 Å². The number of pyridine rings is 2. The molecule has 2 unspecified atom stereocenters. The van der Waals surface area contributed by atoms with E-state index in [1.54, 1.807) is 30.3 Å². The molecule has 0 spiro atoms. The van der Waals surface area contributed by atoms with Crippen molar-refractivity contribution < 1.29 is 33.2 Å². The second kappa shape index (κ2) is 9.43. The van der Waals surface area contributed by atoms with Crippen LogP contribution in [-0.4, -0.2) is 70.9 Å². The predicted molar refractivity (Wildman–Crippen MR) is 131 cm³/mol. The number of amides is 1. The summed E-state index contributed by atoms with van der Waals surface area (Å²) in [4.78, 5) is 23.2. The first-order valence-corrected chi connectivity index (χ1v) is 11.7. The monoisotopic (exact) mass is 506 g/mol. The number of benzene rings is 1. The summed E-state index contributed by atoms with van der Waals surface area (Å²) in [5, 5.41) is 12.5. The van der Waals surface area contributed by atoms with Crippen molar-refractivity contribution in [1.82, 2.24) is 15.0 Å². The van der Waals surface area contributed by atoms with Crippen molar-refractivity contribution in [3.8, 4) is 28.4 Å². The van der Waals surface area contributed by atoms with Gasteiger partial charge in [0, 0.05) is 23.3 Å². The highest BCUT2D eigenvalue weighted by molar-refractivity contribution is 5.84. The van der Waals surface area contributed by atoms with Crippen molar-refractivity contribution in [3.05, 3.63) is 60.5 Å². The van der Waals surface area contributed by atoms with Crippen molar-refractivity contribution in [2.45, 2.75) is 24.4 Å². The fourth-order valence-electron chi connectivity index (χ4n) is 4.59. The number of nitrogens with zero attached hydrogens (tertiary/aromatic N) is 2. The molecule has 0 radical (unpaired) electrons. The van der Waals surface area contributed by atoms with E-state index in [2.05, 4.69) is 25.0 Å². The zero-order chi connectivity index (χ0) is 25.5. The number of carbonyl (C=O) groups is 1. The quantitative estimate of drug-likeness (QED) is 0.375. The SMILES string of the molecule is COC(=O)Nc1ccc(-c2ccc(-c3nc4cc(O[C@@H]5COC6C5OC[C@H]6O)[nH]c4cc3F)cc2)nc1. The van der Waals surface area contributed by atoms with E-state index < -0.39 is 24.1 Å². The fraction of sp³-hybridized carbons (Fsp3) is 0.269. The van der Waals surface area contributed by atoms with Gasteiger partial charge in [-0.2, -0.15) is 0 Å². The smallest absolute Gasteiger partial charge is 0.411 e. The van der Waals surface area contributed by atoms with Crippen LogP contribution in [0.4, 0.5) is 14.9 Å². The number of ether oxygens (including phenoxy) is 4. The van der Waals surface area contributed by atoms with Gasteiger partial charge >= 0.3 is 6.09 Å². The van der Waals surface area contributed by atoms with Crippen LogP contribution in [0.15, 0.2) is 54.7 Å². The summed E-state index contributed by atoms with van der Waals surface area (Å²) < 4.78 is 36.7. The number of hydrogen-bond donors (Lipinski definition) is 3. The Morgan fingerprint density at radius 3 is 2.65 bits per heavy atom. The predicted octanol–water partition coefficient (Wildman–Crippen LogP) is 3.52. The van der Waals surface area contributed by atoms with E-state index in [0.29, 0.717) is 40.5 Å². The van der Waals surface area contributed by atoms with Gasteiger partial charge in [0.2, 0.25) is 0 Å². The molecule has 3 aromatic heterocycles. The molecule has 6 rings (SSSR count). The van der Waals surface area contributed by atoms with Gasteiger partial charge in [0.1, 0.15) is 24.0 Å². The Bertz CT molecular complexity index is 1440. The number of hydrogen-bond acceptors (Lipinski definition) is 8. The second-order valence-electron chi connectivity index (χ2n) is 8.83. The lowest BCUT2D eigenvalue weighted by molar-refractivity contribution is 0.00794. The lowest BCUT2D eigenvalue weighted by atomic mass is 10.1. The minimum atomic E-state index is -0.662. The number of rotatable bonds is 5. The maximum absolute atomic E-state index is 15.0. The second-order valence-corrected chi connectivity index (χ2v) is 8.83. The summed E-state index contributed by atoms with van der Waals surface area (Å²) in [7, 11) is 1.29. The van der Waals surface area contributed by atoms with Gasteiger partial charge in [0.05, 0.1) is 48.9 Å². The van der Waals surface area contributed by atoms with Gasteiger partial charge < -0.3 is 29.0 Å². The van der Waals surface area contributed by atoms with Gasteiger partial charge in [-0.25, -0.2) is 14.2 Å². The highest BCUT2D eigenvalue weighted by Crippen LogP contribution is 2.32. The van der Waals surface area contributed by atoms with Crippen LogP contribution in [0, 0.1) is 5.82 Å². The van der Waals surface area contributed by atoms with Crippen LogP contribution in [0.3, 0.4) is 0 Å². The minimum absolute atomic E-state index is 0.210. The number of carbonyl (C=O) groups excluding carboxylic acids is 1. The Morgan fingerprint density at radius 2 is 1.89 bits per heavy atom. The number of aromatic nitrogens is 3. The average molecular weight is 506 g/mol. The molecule has 0 aliphatic carbocycles. The Labute approximate surface area is 210 Å². The number of aliphatic hydroxyl groups is 1. The maximum atomic E-state index is 15.0. The van der Waals surface area contributed by atoms with E-state index >= 15 is 0 Å². The lowest BCUT2D eigenvalue weighted by Gasteiger charge is -2.16. The third-order valence-corrected chi connectivity index (χ3v) is 6.44. The van der Waals surface area contributed by atoms with Crippen LogP contribution in [0.1, 0.15) is 0 Å². The minimum Gasteiger partial charge on any atom is -0.470 e. The molecule has 2 aliphatic rings. The molecule has 2 fully saturated rings. The Kier molecular flexibility index (Phi) is 5.95. The number of methoxy groups -OCH3 is 1. The molecular weight excluding hydrogens is 483 g/mol. The van der Waals surface area contributed by atoms with E-state index in [1.165, 1.54) is 19.4 Å². The third-order valence-electron chi connectivity index (χ3n) is 6.44. The van der Waals surface area contributed by atoms with Gasteiger partial charge in [-0.1, -0.05) is 24.3 Å². The Morgan fingerprint density at radius 1 is 1.11 bits per heavy atom. The lowest BCUT2D eigenvalue weighted by Crippen LogP contribution is -2.34. The number of fused-ring (bicyclic) bond motifs is 2. The van der Waals surface area contributed by atoms with Gasteiger partial charge in [-0.15, -0.1) is 0 Å². The molecule has 0 saturated carbocycles. The first-order valence-electron chi connectivity index (χ1n) is 11.7. The number of H-pyrrole nitrogens is 1. The van der Waals surface area contributed by atoms with Gasteiger partial charge in [0.25, 0.3) is 0 Å². The highest BCUT2D eigenvalue weighted by atomic mass is 19.1. The first-order chi connectivity index (χ1) is 18.0. The number of anilines is 1. The fourth-order valence-corrected chi connectivity index (χ4v) is 4.59. The average Bonchev–Trinajstić information content (AvgIpc) is 3.60. The Hall–Kier alpha value is -4.06. The van der Waals surface area contributed by atoms with E-state index in [9.17, 15) is 14.3 Å². The molecule has 0 bridgehead atoms. The van der Waals surface area contributed by atoms with Crippen molar-refractivity contribution in [1.29, 1.82) is 0 Å². The van der Waals surface area contributed by atoms with Gasteiger partial charge in [0.15, 0.2) is 17.8 Å². The van der Waals surface area contributed by atoms with Crippen LogP contribution >= 0.6 is 0 Å². The van der Waals surface area contributed by atoms with Crippen LogP contribution < -0.4 is 10.1 Å². The third kappa shape index (κ3) is 4.48. The van der Waals surface area contributed by atoms with Crippen LogP contribution in [-0.2, 0) is 14.2 Å². The van der Waals surface area contributed by atoms with Gasteiger partial charge in [-0.05, 0) is 12.1 Å². The molecular formula is C26H23FN4O6. The molecule has 5 heterocycles. The van der Waals surface area contributed by atoms with Crippen molar-refractivity contribution in [2.24, 2.45) is 0 Å². The zero-order valence-electron chi connectivity index (χ0n) is 19.7. The normalized spacial score (nSPS) is 22.7. The first kappa shape index (κ1) is 23.3. The topological polar surface area (TPSA) is 128 Å². The molecule has 1 aromatic carbocycles. The molecule has 10 nitrogen and oxygen atoms in total. The molecule has 4 aromatic rings. The number of aliphatic hydroxyl groups excluding tert-OH is 1. The molecule has 3 N–H and O–H groups in total. The van der Waals surface area contributed by atoms with Crippen LogP contribution in [0.25, 0.3) is 33.5 Å². The van der Waals surface area contributed by atoms with Crippen LogP contribution in [0.2, 0.25) is 0 Å². The number of halogens is 1. The molecule has 2 saturated heterocycles. The Balaban J connectivity index is 1.20. The van der Waals surface area contributed by atoms with E-state index in [1.807, 2.05) is 12.1 Å². The van der Waals surface area contributed by atoms with E-state index in [0.717, 1.165) is 5.56 Å². The van der Waals surface area contributed by atoms with Crippen molar-refractivity contribution in [2.75, 3.05) is 25.6 Å². The van der Waals surface area contributed by atoms with Crippen molar-refractivity contribution >= 4 is 22.8 Å². The largest absolute Gasteiger partial charge is 0.470 e. The summed E-state index contributed by atoms with van der Waals surface area (Å²) in [6, 6.07) is 13.8. The standard InChI is InChI=1S/C26H23FN4O6/c1-34-26(33)29-15-6-7-17(28-10-15)13-2-4-14(5-3-13)23-16(27)8-18-19(31-23)9-22(30-18)37-21-12-36-24-20(32)11-35-25(21)24/h2-10,20-21,24-25,30,32H,11-12H2,1H3,(H,29,33)/t20-,21-,24?,25?/m1/s1. The number of nitrogens with one attached hydrogen (secondary N) is 2. The summed E-state index contributed by atoms with van der Waals surface area (Å²) in [5.41, 5.74) is 3.89. The molecule has 11 heteroatoms. The molecule has 190 valence electrons. The molecule has 37 heavy (non-hydrogen) atoms. The summed E-state index contributed by atoms with van der Waals surface area (Å²) >= 11 is 0. The van der Waals surface area contributed by atoms with Crippen LogP contribution in [0.5, 0.6) is 5.88 Å². The molecule has 2 aliphatic heterocycles. The highest BCUT2D eigenvalue weighted by Gasteiger charge is 2.48. The summed E-state index contributed by atoms with van der Waals surface area (Å²) in [6.45, 7) is 0.505. The van der Waals surface area contributed by atoms with E-state index in [4.69, 9.17) is 14.2 Å². The number of aromatic amines is 1. The summed E-state index contributed by atoms with van der Waals surface area (Å²) in [6.07, 6.45) is -0.843. The van der Waals surface area contributed by atoms with Crippen molar-refractivity contribution in [3.63, 3.8) is 0 Å². The summed E-state index contributed by atoms with van der Waals surface area (Å²) in [5.74, 6) is -0.0543.